The minimum absolute atomic E-state index is 0.0157. The molecule has 0 saturated carbocycles. The molecule has 3 aromatic rings. The van der Waals surface area contributed by atoms with Crippen molar-refractivity contribution in [2.75, 3.05) is 4.90 Å². The van der Waals surface area contributed by atoms with Crippen LogP contribution in [0.15, 0.2) is 58.7 Å². The monoisotopic (exact) mass is 496 g/mol. The second-order valence-electron chi connectivity index (χ2n) is 7.08. The quantitative estimate of drug-likeness (QED) is 0.329. The van der Waals surface area contributed by atoms with Crippen molar-refractivity contribution in [2.24, 2.45) is 5.73 Å². The smallest absolute Gasteiger partial charge is 0.270 e. The molecule has 2 aromatic carbocycles. The van der Waals surface area contributed by atoms with Gasteiger partial charge >= 0.3 is 0 Å². The van der Waals surface area contributed by atoms with Crippen molar-refractivity contribution >= 4 is 73.6 Å². The van der Waals surface area contributed by atoms with Crippen LogP contribution in [0.2, 0.25) is 0 Å². The zero-order chi connectivity index (χ0) is 22.3. The highest BCUT2D eigenvalue weighted by Crippen LogP contribution is 2.29. The molecule has 31 heavy (non-hydrogen) atoms. The number of carbonyl (C=O) groups is 3. The summed E-state index contributed by atoms with van der Waals surface area (Å²) in [6.07, 6.45) is 3.21. The van der Waals surface area contributed by atoms with Gasteiger partial charge in [-0.05, 0) is 55.0 Å². The predicted octanol–water partition coefficient (Wildman–Crippen LogP) is 3.03. The number of nitrogens with two attached hydrogens (primary N) is 1. The van der Waals surface area contributed by atoms with E-state index in [2.05, 4.69) is 21.2 Å². The van der Waals surface area contributed by atoms with Crippen LogP contribution in [0.1, 0.15) is 11.1 Å². The first kappa shape index (κ1) is 21.0. The topological polar surface area (TPSA) is 97.4 Å². The second kappa shape index (κ2) is 8.09. The third kappa shape index (κ3) is 3.89. The van der Waals surface area contributed by atoms with Crippen molar-refractivity contribution in [1.82, 2.24) is 9.88 Å². The molecule has 1 saturated heterocycles. The molecule has 3 amide bonds. The van der Waals surface area contributed by atoms with Crippen molar-refractivity contribution in [3.05, 3.63) is 69.8 Å². The normalized spacial score (nSPS) is 15.6. The summed E-state index contributed by atoms with van der Waals surface area (Å²) < 4.78 is 2.56. The number of aryl methyl sites for hydroxylation is 1. The molecule has 2 heterocycles. The van der Waals surface area contributed by atoms with Crippen LogP contribution in [-0.4, -0.2) is 27.4 Å². The van der Waals surface area contributed by atoms with Crippen molar-refractivity contribution in [3.8, 4) is 0 Å². The Balaban J connectivity index is 1.82. The number of anilines is 1. The van der Waals surface area contributed by atoms with Gasteiger partial charge < -0.3 is 10.3 Å². The molecule has 1 aliphatic heterocycles. The summed E-state index contributed by atoms with van der Waals surface area (Å²) in [6.45, 7) is 1.84. The third-order valence-electron chi connectivity index (χ3n) is 4.95. The number of para-hydroxylation sites is 1. The van der Waals surface area contributed by atoms with Crippen LogP contribution in [-0.2, 0) is 20.9 Å². The van der Waals surface area contributed by atoms with Gasteiger partial charge in [-0.2, -0.15) is 0 Å². The highest BCUT2D eigenvalue weighted by atomic mass is 79.9. The summed E-state index contributed by atoms with van der Waals surface area (Å²) in [6, 6.07) is 12.8. The van der Waals surface area contributed by atoms with Crippen LogP contribution in [0.25, 0.3) is 17.0 Å². The van der Waals surface area contributed by atoms with Crippen LogP contribution < -0.4 is 16.0 Å². The largest absolute Gasteiger partial charge is 0.368 e. The van der Waals surface area contributed by atoms with E-state index in [-0.39, 0.29) is 17.2 Å². The molecule has 0 aliphatic carbocycles. The number of carbonyl (C=O) groups excluding carboxylic acids is 3. The van der Waals surface area contributed by atoms with Gasteiger partial charge in [0.25, 0.3) is 11.8 Å². The first-order valence-electron chi connectivity index (χ1n) is 9.30. The average molecular weight is 497 g/mol. The van der Waals surface area contributed by atoms with Gasteiger partial charge in [0.05, 0.1) is 5.69 Å². The van der Waals surface area contributed by atoms with Gasteiger partial charge in [-0.25, -0.2) is 0 Å². The number of aromatic nitrogens is 1. The average Bonchev–Trinajstić information content (AvgIpc) is 3.03. The van der Waals surface area contributed by atoms with Gasteiger partial charge in [0.1, 0.15) is 12.1 Å². The summed E-state index contributed by atoms with van der Waals surface area (Å²) >= 11 is 8.69. The minimum atomic E-state index is -0.576. The van der Waals surface area contributed by atoms with Crippen LogP contribution in [0, 0.1) is 6.92 Å². The van der Waals surface area contributed by atoms with E-state index in [0.717, 1.165) is 20.9 Å². The van der Waals surface area contributed by atoms with Crippen LogP contribution >= 0.6 is 28.1 Å². The molecule has 0 bridgehead atoms. The summed E-state index contributed by atoms with van der Waals surface area (Å²) in [5.41, 5.74) is 8.09. The van der Waals surface area contributed by atoms with Crippen molar-refractivity contribution in [2.45, 2.75) is 13.5 Å². The Labute approximate surface area is 191 Å². The zero-order valence-corrected chi connectivity index (χ0v) is 18.8. The van der Waals surface area contributed by atoms with Crippen molar-refractivity contribution in [3.63, 3.8) is 0 Å². The number of hydrogen-bond donors (Lipinski definition) is 2. The van der Waals surface area contributed by atoms with E-state index in [9.17, 15) is 14.4 Å². The van der Waals surface area contributed by atoms with Gasteiger partial charge in [0.2, 0.25) is 5.91 Å². The molecule has 1 aliphatic rings. The number of thiocarbonyl (C=S) groups is 1. The standard InChI is InChI=1S/C22H17BrN4O3S/c1-12-8-14(23)6-7-17(12)27-21(30)16(20(29)25-22(27)31)9-13-10-26(11-19(24)28)18-5-3-2-4-15(13)18/h2-10H,11H2,1H3,(H2,24,28)(H,25,29,31). The van der Waals surface area contributed by atoms with Gasteiger partial charge in [-0.15, -0.1) is 0 Å². The molecule has 9 heteroatoms. The highest BCUT2D eigenvalue weighted by Gasteiger charge is 2.35. The Morgan fingerprint density at radius 3 is 2.68 bits per heavy atom. The predicted molar refractivity (Wildman–Crippen MR) is 126 cm³/mol. The number of amides is 3. The van der Waals surface area contributed by atoms with E-state index in [1.165, 1.54) is 11.0 Å². The third-order valence-corrected chi connectivity index (χ3v) is 5.72. The Morgan fingerprint density at radius 1 is 1.23 bits per heavy atom. The number of nitrogens with one attached hydrogen (secondary N) is 1. The van der Waals surface area contributed by atoms with Gasteiger partial charge in [0.15, 0.2) is 5.11 Å². The summed E-state index contributed by atoms with van der Waals surface area (Å²) in [5.74, 6) is -1.59. The van der Waals surface area contributed by atoms with Crippen LogP contribution in [0.3, 0.4) is 0 Å². The summed E-state index contributed by atoms with van der Waals surface area (Å²) in [5, 5.41) is 3.40. The molecule has 156 valence electrons. The Morgan fingerprint density at radius 2 is 1.97 bits per heavy atom. The number of fused-ring (bicyclic) bond motifs is 1. The number of benzene rings is 2. The molecule has 0 atom stereocenters. The zero-order valence-electron chi connectivity index (χ0n) is 16.4. The fraction of sp³-hybridized carbons (Fsp3) is 0.0909. The van der Waals surface area contributed by atoms with Gasteiger partial charge in [-0.1, -0.05) is 34.1 Å². The van der Waals surface area contributed by atoms with E-state index in [1.807, 2.05) is 37.3 Å². The maximum Gasteiger partial charge on any atom is 0.270 e. The van der Waals surface area contributed by atoms with Gasteiger partial charge in [0, 0.05) is 27.1 Å². The number of hydrogen-bond acceptors (Lipinski definition) is 4. The molecule has 0 unspecified atom stereocenters. The lowest BCUT2D eigenvalue weighted by molar-refractivity contribution is -0.122. The molecule has 3 N–H and O–H groups in total. The molecule has 1 fully saturated rings. The van der Waals surface area contributed by atoms with E-state index in [0.29, 0.717) is 11.3 Å². The first-order valence-corrected chi connectivity index (χ1v) is 10.5. The van der Waals surface area contributed by atoms with Crippen LogP contribution in [0.4, 0.5) is 5.69 Å². The lowest BCUT2D eigenvalue weighted by atomic mass is 10.1. The number of nitrogens with zero attached hydrogens (tertiary/aromatic N) is 2. The second-order valence-corrected chi connectivity index (χ2v) is 8.39. The van der Waals surface area contributed by atoms with E-state index in [1.54, 1.807) is 22.9 Å². The molecular formula is C22H17BrN4O3S. The SMILES string of the molecule is Cc1cc(Br)ccc1N1C(=O)C(=Cc2cn(CC(N)=O)c3ccccc23)C(=O)NC1=S. The Bertz CT molecular complexity index is 1310. The van der Waals surface area contributed by atoms with Crippen molar-refractivity contribution < 1.29 is 14.4 Å². The fourth-order valence-electron chi connectivity index (χ4n) is 3.59. The number of halogens is 1. The van der Waals surface area contributed by atoms with E-state index >= 15 is 0 Å². The maximum absolute atomic E-state index is 13.3. The van der Waals surface area contributed by atoms with E-state index in [4.69, 9.17) is 18.0 Å². The lowest BCUT2D eigenvalue weighted by Crippen LogP contribution is -2.54. The molecule has 0 spiro atoms. The molecule has 7 nitrogen and oxygen atoms in total. The lowest BCUT2D eigenvalue weighted by Gasteiger charge is -2.30. The molecule has 4 rings (SSSR count). The highest BCUT2D eigenvalue weighted by molar-refractivity contribution is 9.10. The van der Waals surface area contributed by atoms with Gasteiger partial charge in [-0.3, -0.25) is 24.6 Å². The summed E-state index contributed by atoms with van der Waals surface area (Å²) in [7, 11) is 0. The molecule has 0 radical (unpaired) electrons. The van der Waals surface area contributed by atoms with Crippen LogP contribution in [0.5, 0.6) is 0 Å². The number of primary amides is 1. The summed E-state index contributed by atoms with van der Waals surface area (Å²) in [4.78, 5) is 38.7. The first-order chi connectivity index (χ1) is 14.8. The number of rotatable bonds is 4. The molecule has 1 aromatic heterocycles. The maximum atomic E-state index is 13.3. The Kier molecular flexibility index (Phi) is 5.47. The Hall–Kier alpha value is -3.30. The minimum Gasteiger partial charge on any atom is -0.368 e. The fourth-order valence-corrected chi connectivity index (χ4v) is 4.34. The van der Waals surface area contributed by atoms with E-state index < -0.39 is 17.7 Å². The molecular weight excluding hydrogens is 480 g/mol. The van der Waals surface area contributed by atoms with Crippen molar-refractivity contribution in [1.29, 1.82) is 0 Å².